The molecule has 0 unspecified atom stereocenters. The number of nitrogens with one attached hydrogen (secondary N) is 2. The number of H-pyrrole nitrogens is 1. The third-order valence-electron chi connectivity index (χ3n) is 1.64. The van der Waals surface area contributed by atoms with E-state index in [9.17, 15) is 14.7 Å². The van der Waals surface area contributed by atoms with Gasteiger partial charge in [0.2, 0.25) is 5.75 Å². The lowest BCUT2D eigenvalue weighted by molar-refractivity contribution is 0.0928. The number of aromatic nitrogens is 2. The van der Waals surface area contributed by atoms with Crippen LogP contribution in [0, 0.1) is 0 Å². The molecule has 0 atom stereocenters. The summed E-state index contributed by atoms with van der Waals surface area (Å²) < 4.78 is 4.72. The van der Waals surface area contributed by atoms with Crippen LogP contribution in [0.5, 0.6) is 5.75 Å². The summed E-state index contributed by atoms with van der Waals surface area (Å²) in [5, 5.41) is 11.7. The Balaban J connectivity index is 2.74. The number of methoxy groups -OCH3 is 1. The van der Waals surface area contributed by atoms with E-state index < -0.39 is 17.2 Å². The van der Waals surface area contributed by atoms with Gasteiger partial charge in [-0.3, -0.25) is 9.59 Å². The van der Waals surface area contributed by atoms with Crippen LogP contribution in [-0.4, -0.2) is 41.2 Å². The van der Waals surface area contributed by atoms with Crippen molar-refractivity contribution in [2.45, 2.75) is 0 Å². The van der Waals surface area contributed by atoms with E-state index in [1.54, 1.807) is 0 Å². The minimum atomic E-state index is -0.748. The number of ether oxygens (including phenoxy) is 1. The van der Waals surface area contributed by atoms with Gasteiger partial charge < -0.3 is 20.1 Å². The Morgan fingerprint density at radius 1 is 1.73 bits per heavy atom. The van der Waals surface area contributed by atoms with Gasteiger partial charge in [0, 0.05) is 13.7 Å². The molecule has 0 aromatic carbocycles. The molecule has 7 nitrogen and oxygen atoms in total. The maximum atomic E-state index is 11.4. The number of carbonyl (C=O) groups is 1. The maximum Gasteiger partial charge on any atom is 0.293 e. The third-order valence-corrected chi connectivity index (χ3v) is 1.64. The molecule has 0 aliphatic heterocycles. The SMILES string of the molecule is COCCNC(=O)c1nc[nH]c(=O)c1O. The van der Waals surface area contributed by atoms with E-state index in [4.69, 9.17) is 4.74 Å². The average Bonchev–Trinajstić information content (AvgIpc) is 2.22. The normalized spacial score (nSPS) is 9.93. The van der Waals surface area contributed by atoms with Gasteiger partial charge in [0.05, 0.1) is 12.9 Å². The van der Waals surface area contributed by atoms with Crippen LogP contribution < -0.4 is 10.9 Å². The fourth-order valence-electron chi connectivity index (χ4n) is 0.909. The number of aromatic hydroxyl groups is 1. The Bertz CT molecular complexity index is 401. The fraction of sp³-hybridized carbons (Fsp3) is 0.375. The van der Waals surface area contributed by atoms with Crippen LogP contribution in [0.4, 0.5) is 0 Å². The van der Waals surface area contributed by atoms with E-state index in [1.807, 2.05) is 0 Å². The first-order valence-corrected chi connectivity index (χ1v) is 4.20. The molecule has 1 heterocycles. The highest BCUT2D eigenvalue weighted by Crippen LogP contribution is 2.04. The van der Waals surface area contributed by atoms with Gasteiger partial charge in [0.1, 0.15) is 0 Å². The predicted molar refractivity (Wildman–Crippen MR) is 50.7 cm³/mol. The molecule has 82 valence electrons. The molecule has 0 saturated carbocycles. The van der Waals surface area contributed by atoms with Gasteiger partial charge in [-0.15, -0.1) is 0 Å². The van der Waals surface area contributed by atoms with Crippen molar-refractivity contribution in [1.29, 1.82) is 0 Å². The van der Waals surface area contributed by atoms with Crippen molar-refractivity contribution >= 4 is 5.91 Å². The molecule has 0 bridgehead atoms. The highest BCUT2D eigenvalue weighted by Gasteiger charge is 2.14. The first-order chi connectivity index (χ1) is 7.16. The van der Waals surface area contributed by atoms with Crippen LogP contribution in [0.3, 0.4) is 0 Å². The van der Waals surface area contributed by atoms with Crippen molar-refractivity contribution in [2.75, 3.05) is 20.3 Å². The Hall–Kier alpha value is -1.89. The summed E-state index contributed by atoms with van der Waals surface area (Å²) in [6.07, 6.45) is 1.05. The van der Waals surface area contributed by atoms with Crippen LogP contribution >= 0.6 is 0 Å². The van der Waals surface area contributed by atoms with Gasteiger partial charge in [0.25, 0.3) is 11.5 Å². The van der Waals surface area contributed by atoms with Crippen molar-refractivity contribution in [2.24, 2.45) is 0 Å². The highest BCUT2D eigenvalue weighted by molar-refractivity contribution is 5.94. The molecule has 1 aromatic rings. The molecule has 3 N–H and O–H groups in total. The number of amides is 1. The summed E-state index contributed by atoms with van der Waals surface area (Å²) in [7, 11) is 1.50. The molecule has 1 amide bonds. The van der Waals surface area contributed by atoms with Gasteiger partial charge in [-0.2, -0.15) is 0 Å². The average molecular weight is 213 g/mol. The molecule has 0 aliphatic rings. The predicted octanol–water partition coefficient (Wildman–Crippen LogP) is -1.15. The third kappa shape index (κ3) is 2.78. The van der Waals surface area contributed by atoms with Crippen LogP contribution in [0.2, 0.25) is 0 Å². The van der Waals surface area contributed by atoms with Gasteiger partial charge >= 0.3 is 0 Å². The van der Waals surface area contributed by atoms with Crippen molar-refractivity contribution in [3.63, 3.8) is 0 Å². The largest absolute Gasteiger partial charge is 0.501 e. The molecular formula is C8H11N3O4. The zero-order chi connectivity index (χ0) is 11.3. The number of hydrogen-bond donors (Lipinski definition) is 3. The maximum absolute atomic E-state index is 11.4. The standard InChI is InChI=1S/C8H11N3O4/c1-15-3-2-9-7(13)5-6(12)8(14)11-4-10-5/h4,12H,2-3H2,1H3,(H,9,13)(H,10,11,14). The molecule has 0 fully saturated rings. The van der Waals surface area contributed by atoms with Gasteiger partial charge in [-0.25, -0.2) is 4.98 Å². The summed E-state index contributed by atoms with van der Waals surface area (Å²) in [5.41, 5.74) is -1.04. The zero-order valence-corrected chi connectivity index (χ0v) is 8.11. The number of nitrogens with zero attached hydrogens (tertiary/aromatic N) is 1. The smallest absolute Gasteiger partial charge is 0.293 e. The first kappa shape index (κ1) is 11.2. The molecule has 0 aliphatic carbocycles. The van der Waals surface area contributed by atoms with Crippen LogP contribution in [-0.2, 0) is 4.74 Å². The van der Waals surface area contributed by atoms with E-state index >= 15 is 0 Å². The van der Waals surface area contributed by atoms with Crippen LogP contribution in [0.25, 0.3) is 0 Å². The lowest BCUT2D eigenvalue weighted by Gasteiger charge is -2.03. The van der Waals surface area contributed by atoms with Crippen LogP contribution in [0.1, 0.15) is 10.5 Å². The summed E-state index contributed by atoms with van der Waals surface area (Å²) in [6, 6.07) is 0. The summed E-state index contributed by atoms with van der Waals surface area (Å²) in [6.45, 7) is 0.624. The first-order valence-electron chi connectivity index (χ1n) is 4.20. The molecule has 1 rings (SSSR count). The summed E-state index contributed by atoms with van der Waals surface area (Å²) in [4.78, 5) is 28.0. The molecule has 15 heavy (non-hydrogen) atoms. The van der Waals surface area contributed by atoms with Gasteiger partial charge in [0.15, 0.2) is 5.69 Å². The second kappa shape index (κ2) is 5.11. The lowest BCUT2D eigenvalue weighted by atomic mass is 10.3. The van der Waals surface area contributed by atoms with E-state index in [0.717, 1.165) is 6.33 Å². The number of rotatable bonds is 4. The molecule has 0 saturated heterocycles. The lowest BCUT2D eigenvalue weighted by Crippen LogP contribution is -2.29. The number of aromatic amines is 1. The quantitative estimate of drug-likeness (QED) is 0.548. The van der Waals surface area contributed by atoms with Gasteiger partial charge in [-0.1, -0.05) is 0 Å². The number of hydrogen-bond acceptors (Lipinski definition) is 5. The van der Waals surface area contributed by atoms with Crippen molar-refractivity contribution in [1.82, 2.24) is 15.3 Å². The second-order valence-electron chi connectivity index (χ2n) is 2.68. The van der Waals surface area contributed by atoms with Crippen molar-refractivity contribution in [3.05, 3.63) is 22.4 Å². The van der Waals surface area contributed by atoms with E-state index in [-0.39, 0.29) is 12.2 Å². The minimum Gasteiger partial charge on any atom is -0.501 e. The van der Waals surface area contributed by atoms with Crippen molar-refractivity contribution < 1.29 is 14.6 Å². The Labute approximate surface area is 85.1 Å². The summed E-state index contributed by atoms with van der Waals surface area (Å²) in [5.74, 6) is -1.30. The molecule has 0 spiro atoms. The Morgan fingerprint density at radius 2 is 2.47 bits per heavy atom. The topological polar surface area (TPSA) is 104 Å². The minimum absolute atomic E-state index is 0.281. The second-order valence-corrected chi connectivity index (χ2v) is 2.68. The van der Waals surface area contributed by atoms with Crippen LogP contribution in [0.15, 0.2) is 11.1 Å². The molecule has 1 aromatic heterocycles. The molecule has 7 heteroatoms. The van der Waals surface area contributed by atoms with Crippen molar-refractivity contribution in [3.8, 4) is 5.75 Å². The summed E-state index contributed by atoms with van der Waals surface area (Å²) >= 11 is 0. The molecular weight excluding hydrogens is 202 g/mol. The van der Waals surface area contributed by atoms with E-state index in [1.165, 1.54) is 7.11 Å². The van der Waals surface area contributed by atoms with E-state index in [0.29, 0.717) is 6.61 Å². The highest BCUT2D eigenvalue weighted by atomic mass is 16.5. The fourth-order valence-corrected chi connectivity index (χ4v) is 0.909. The molecule has 0 radical (unpaired) electrons. The zero-order valence-electron chi connectivity index (χ0n) is 8.11. The van der Waals surface area contributed by atoms with Gasteiger partial charge in [-0.05, 0) is 0 Å². The number of carbonyl (C=O) groups excluding carboxylic acids is 1. The Morgan fingerprint density at radius 3 is 3.13 bits per heavy atom. The van der Waals surface area contributed by atoms with E-state index in [2.05, 4.69) is 15.3 Å². The monoisotopic (exact) mass is 213 g/mol. The Kier molecular flexibility index (Phi) is 3.81.